The lowest BCUT2D eigenvalue weighted by atomic mass is 9.92. The number of likely N-dealkylation sites (N-methyl/N-ethyl adjacent to an activating group) is 1. The maximum absolute atomic E-state index is 12.7. The van der Waals surface area contributed by atoms with E-state index in [-0.39, 0.29) is 11.8 Å². The van der Waals surface area contributed by atoms with Crippen LogP contribution in [0.25, 0.3) is 0 Å². The molecule has 1 amide bonds. The molecule has 2 fully saturated rings. The first-order valence-electron chi connectivity index (χ1n) is 8.16. The van der Waals surface area contributed by atoms with Crippen LogP contribution in [0.3, 0.4) is 0 Å². The van der Waals surface area contributed by atoms with Crippen LogP contribution in [0, 0.1) is 5.92 Å². The quantitative estimate of drug-likeness (QED) is 0.854. The summed E-state index contributed by atoms with van der Waals surface area (Å²) in [5, 5.41) is 0. The van der Waals surface area contributed by atoms with Gasteiger partial charge in [0.1, 0.15) is 0 Å². The van der Waals surface area contributed by atoms with Gasteiger partial charge in [-0.05, 0) is 31.2 Å². The molecule has 1 aliphatic carbocycles. The molecule has 0 N–H and O–H groups in total. The number of hydrogen-bond donors (Lipinski definition) is 0. The number of carbonyl (C=O) groups excluding carboxylic acids is 1. The van der Waals surface area contributed by atoms with E-state index in [0.29, 0.717) is 18.6 Å². The minimum Gasteiger partial charge on any atom is -0.381 e. The van der Waals surface area contributed by atoms with Gasteiger partial charge in [0.25, 0.3) is 0 Å². The highest BCUT2D eigenvalue weighted by Crippen LogP contribution is 2.38. The van der Waals surface area contributed by atoms with Crippen molar-refractivity contribution in [3.8, 4) is 0 Å². The summed E-state index contributed by atoms with van der Waals surface area (Å²) in [6, 6.07) is 11.0. The average molecular weight is 287 g/mol. The number of amides is 1. The summed E-state index contributed by atoms with van der Waals surface area (Å²) in [4.78, 5) is 14.7. The smallest absolute Gasteiger partial charge is 0.228 e. The van der Waals surface area contributed by atoms with Crippen molar-refractivity contribution >= 4 is 5.91 Å². The van der Waals surface area contributed by atoms with Crippen molar-refractivity contribution in [2.75, 3.05) is 20.3 Å². The molecule has 0 bridgehead atoms. The summed E-state index contributed by atoms with van der Waals surface area (Å²) >= 11 is 0. The molecule has 1 heterocycles. The van der Waals surface area contributed by atoms with Crippen LogP contribution in [0.15, 0.2) is 30.3 Å². The Morgan fingerprint density at radius 2 is 1.95 bits per heavy atom. The summed E-state index contributed by atoms with van der Waals surface area (Å²) in [5.41, 5.74) is 1.37. The van der Waals surface area contributed by atoms with E-state index in [1.54, 1.807) is 0 Å². The van der Waals surface area contributed by atoms with Crippen LogP contribution in [0.4, 0.5) is 0 Å². The molecule has 1 saturated heterocycles. The second kappa shape index (κ2) is 6.61. The first kappa shape index (κ1) is 14.6. The predicted molar refractivity (Wildman–Crippen MR) is 83.1 cm³/mol. The fourth-order valence-corrected chi connectivity index (χ4v) is 3.88. The van der Waals surface area contributed by atoms with E-state index < -0.39 is 0 Å². The van der Waals surface area contributed by atoms with Crippen molar-refractivity contribution in [3.63, 3.8) is 0 Å². The van der Waals surface area contributed by atoms with E-state index in [9.17, 15) is 4.79 Å². The highest BCUT2D eigenvalue weighted by molar-refractivity contribution is 5.79. The topological polar surface area (TPSA) is 29.5 Å². The summed E-state index contributed by atoms with van der Waals surface area (Å²) in [5.74, 6) is 0.841. The molecular formula is C18H25NO2. The van der Waals surface area contributed by atoms with Crippen molar-refractivity contribution in [3.05, 3.63) is 35.9 Å². The molecule has 3 rings (SSSR count). The van der Waals surface area contributed by atoms with Crippen molar-refractivity contribution in [2.24, 2.45) is 5.92 Å². The number of ether oxygens (including phenoxy) is 1. The minimum absolute atomic E-state index is 0.0702. The monoisotopic (exact) mass is 287 g/mol. The van der Waals surface area contributed by atoms with Crippen LogP contribution in [-0.4, -0.2) is 37.1 Å². The van der Waals surface area contributed by atoms with E-state index in [1.807, 2.05) is 11.9 Å². The van der Waals surface area contributed by atoms with Crippen LogP contribution >= 0.6 is 0 Å². The van der Waals surface area contributed by atoms with Gasteiger partial charge in [-0.1, -0.05) is 36.8 Å². The van der Waals surface area contributed by atoms with Gasteiger partial charge in [0.15, 0.2) is 0 Å². The van der Waals surface area contributed by atoms with Crippen molar-refractivity contribution in [2.45, 2.75) is 44.1 Å². The van der Waals surface area contributed by atoms with Crippen molar-refractivity contribution in [1.29, 1.82) is 0 Å². The molecule has 3 heteroatoms. The zero-order chi connectivity index (χ0) is 14.7. The van der Waals surface area contributed by atoms with Gasteiger partial charge in [-0.15, -0.1) is 0 Å². The number of nitrogens with zero attached hydrogens (tertiary/aromatic N) is 1. The summed E-state index contributed by atoms with van der Waals surface area (Å²) < 4.78 is 5.48. The van der Waals surface area contributed by atoms with E-state index in [0.717, 1.165) is 25.9 Å². The van der Waals surface area contributed by atoms with E-state index >= 15 is 0 Å². The molecule has 2 aliphatic rings. The zero-order valence-corrected chi connectivity index (χ0v) is 12.8. The van der Waals surface area contributed by atoms with Crippen LogP contribution in [0.1, 0.15) is 43.6 Å². The lowest BCUT2D eigenvalue weighted by molar-refractivity contribution is -0.140. The average Bonchev–Trinajstić information content (AvgIpc) is 3.04. The molecule has 114 valence electrons. The zero-order valence-electron chi connectivity index (χ0n) is 12.8. The van der Waals surface area contributed by atoms with Gasteiger partial charge < -0.3 is 9.64 Å². The highest BCUT2D eigenvalue weighted by atomic mass is 16.5. The Hall–Kier alpha value is -1.35. The summed E-state index contributed by atoms with van der Waals surface area (Å²) in [6.07, 6.45) is 5.51. The van der Waals surface area contributed by atoms with Crippen LogP contribution in [0.5, 0.6) is 0 Å². The Morgan fingerprint density at radius 1 is 1.14 bits per heavy atom. The van der Waals surface area contributed by atoms with Gasteiger partial charge in [0, 0.05) is 25.6 Å². The Balaban J connectivity index is 1.70. The maximum Gasteiger partial charge on any atom is 0.228 e. The number of carbonyl (C=O) groups is 1. The first-order valence-corrected chi connectivity index (χ1v) is 8.16. The second-order valence-corrected chi connectivity index (χ2v) is 6.38. The summed E-state index contributed by atoms with van der Waals surface area (Å²) in [6.45, 7) is 1.41. The van der Waals surface area contributed by atoms with E-state index in [4.69, 9.17) is 4.74 Å². The standard InChI is InChI=1S/C18H25NO2/c1-19(18(20)15-9-6-12-21-13-15)17-11-5-10-16(17)14-7-3-2-4-8-14/h2-4,7-8,15-17H,5-6,9-13H2,1H3. The van der Waals surface area contributed by atoms with Gasteiger partial charge in [0.2, 0.25) is 5.91 Å². The molecule has 21 heavy (non-hydrogen) atoms. The molecule has 3 nitrogen and oxygen atoms in total. The third-order valence-electron chi connectivity index (χ3n) is 5.06. The van der Waals surface area contributed by atoms with Crippen molar-refractivity contribution < 1.29 is 9.53 Å². The largest absolute Gasteiger partial charge is 0.381 e. The molecule has 1 aromatic rings. The van der Waals surface area contributed by atoms with Crippen molar-refractivity contribution in [1.82, 2.24) is 4.90 Å². The molecular weight excluding hydrogens is 262 g/mol. The predicted octanol–water partition coefficient (Wildman–Crippen LogP) is 3.21. The van der Waals surface area contributed by atoms with E-state index in [2.05, 4.69) is 30.3 Å². The lowest BCUT2D eigenvalue weighted by Gasteiger charge is -2.34. The molecule has 3 unspecified atom stereocenters. The minimum atomic E-state index is 0.0702. The number of benzene rings is 1. The highest BCUT2D eigenvalue weighted by Gasteiger charge is 2.36. The molecule has 0 radical (unpaired) electrons. The van der Waals surface area contributed by atoms with Gasteiger partial charge in [-0.2, -0.15) is 0 Å². The Labute approximate surface area is 127 Å². The second-order valence-electron chi connectivity index (χ2n) is 6.38. The Bertz CT molecular complexity index is 467. The molecule has 1 saturated carbocycles. The SMILES string of the molecule is CN(C(=O)C1CCCOC1)C1CCCC1c1ccccc1. The Morgan fingerprint density at radius 3 is 2.67 bits per heavy atom. The van der Waals surface area contributed by atoms with E-state index in [1.165, 1.54) is 18.4 Å². The van der Waals surface area contributed by atoms with Crippen LogP contribution in [-0.2, 0) is 9.53 Å². The number of hydrogen-bond acceptors (Lipinski definition) is 2. The molecule has 0 spiro atoms. The van der Waals surface area contributed by atoms with Crippen LogP contribution in [0.2, 0.25) is 0 Å². The van der Waals surface area contributed by atoms with Gasteiger partial charge >= 0.3 is 0 Å². The first-order chi connectivity index (χ1) is 10.3. The lowest BCUT2D eigenvalue weighted by Crippen LogP contribution is -2.44. The normalized spacial score (nSPS) is 29.3. The fourth-order valence-electron chi connectivity index (χ4n) is 3.88. The molecule has 3 atom stereocenters. The summed E-state index contributed by atoms with van der Waals surface area (Å²) in [7, 11) is 1.99. The molecule has 1 aliphatic heterocycles. The Kier molecular flexibility index (Phi) is 4.59. The third-order valence-corrected chi connectivity index (χ3v) is 5.06. The van der Waals surface area contributed by atoms with Gasteiger partial charge in [-0.3, -0.25) is 4.79 Å². The maximum atomic E-state index is 12.7. The third kappa shape index (κ3) is 3.13. The van der Waals surface area contributed by atoms with Gasteiger partial charge in [0.05, 0.1) is 12.5 Å². The molecule has 1 aromatic carbocycles. The molecule has 0 aromatic heterocycles. The number of rotatable bonds is 3. The van der Waals surface area contributed by atoms with Crippen LogP contribution < -0.4 is 0 Å². The fraction of sp³-hybridized carbons (Fsp3) is 0.611. The van der Waals surface area contributed by atoms with Gasteiger partial charge in [-0.25, -0.2) is 0 Å².